The van der Waals surface area contributed by atoms with Crippen LogP contribution in [0.5, 0.6) is 0 Å². The number of benzene rings is 1. The molecule has 1 saturated heterocycles. The summed E-state index contributed by atoms with van der Waals surface area (Å²) in [6, 6.07) is 5.27. The minimum absolute atomic E-state index is 0.178. The molecule has 0 aromatic heterocycles. The predicted molar refractivity (Wildman–Crippen MR) is 76.5 cm³/mol. The molecule has 1 aromatic rings. The zero-order valence-electron chi connectivity index (χ0n) is 10.9. The molecule has 19 heavy (non-hydrogen) atoms. The van der Waals surface area contributed by atoms with E-state index in [0.29, 0.717) is 16.6 Å². The number of piperidine rings is 1. The number of rotatable bonds is 3. The van der Waals surface area contributed by atoms with Crippen LogP contribution in [0.2, 0.25) is 10.0 Å². The molecule has 1 aliphatic heterocycles. The lowest BCUT2D eigenvalue weighted by molar-refractivity contribution is -0.148. The first-order chi connectivity index (χ1) is 9.13. The van der Waals surface area contributed by atoms with Crippen LogP contribution in [0.1, 0.15) is 24.8 Å². The van der Waals surface area contributed by atoms with Gasteiger partial charge in [0.1, 0.15) is 6.04 Å². The van der Waals surface area contributed by atoms with Gasteiger partial charge >= 0.3 is 5.97 Å². The van der Waals surface area contributed by atoms with Gasteiger partial charge in [-0.1, -0.05) is 35.7 Å². The summed E-state index contributed by atoms with van der Waals surface area (Å²) in [5, 5.41) is 1.28. The van der Waals surface area contributed by atoms with E-state index in [1.165, 1.54) is 7.11 Å². The highest BCUT2D eigenvalue weighted by atomic mass is 35.5. The first-order valence-corrected chi connectivity index (χ1v) is 7.14. The Morgan fingerprint density at radius 3 is 2.68 bits per heavy atom. The minimum Gasteiger partial charge on any atom is -0.468 e. The molecule has 1 atom stereocenters. The lowest BCUT2D eigenvalue weighted by Gasteiger charge is -2.34. The van der Waals surface area contributed by atoms with Gasteiger partial charge in [0, 0.05) is 22.2 Å². The molecule has 2 rings (SSSR count). The molecule has 1 aliphatic rings. The van der Waals surface area contributed by atoms with Crippen LogP contribution in [0.4, 0.5) is 0 Å². The second-order valence-corrected chi connectivity index (χ2v) is 5.52. The van der Waals surface area contributed by atoms with Crippen molar-refractivity contribution in [2.45, 2.75) is 31.8 Å². The van der Waals surface area contributed by atoms with Gasteiger partial charge in [-0.2, -0.15) is 0 Å². The molecule has 1 unspecified atom stereocenters. The largest absolute Gasteiger partial charge is 0.468 e. The van der Waals surface area contributed by atoms with E-state index in [9.17, 15) is 4.79 Å². The van der Waals surface area contributed by atoms with Crippen molar-refractivity contribution in [1.29, 1.82) is 0 Å². The molecule has 0 N–H and O–H groups in total. The first-order valence-electron chi connectivity index (χ1n) is 6.38. The minimum atomic E-state index is -0.189. The molecule has 3 nitrogen and oxygen atoms in total. The number of esters is 1. The van der Waals surface area contributed by atoms with Gasteiger partial charge in [0.25, 0.3) is 0 Å². The number of carbonyl (C=O) groups is 1. The molecular weight excluding hydrogens is 285 g/mol. The van der Waals surface area contributed by atoms with Crippen molar-refractivity contribution in [3.63, 3.8) is 0 Å². The van der Waals surface area contributed by atoms with Crippen molar-refractivity contribution in [3.05, 3.63) is 33.8 Å². The van der Waals surface area contributed by atoms with Gasteiger partial charge in [0.05, 0.1) is 7.11 Å². The fourth-order valence-corrected chi connectivity index (χ4v) is 2.99. The zero-order chi connectivity index (χ0) is 13.8. The molecule has 0 spiro atoms. The molecule has 0 bridgehead atoms. The third-order valence-electron chi connectivity index (χ3n) is 3.51. The Labute approximate surface area is 123 Å². The highest BCUT2D eigenvalue weighted by Gasteiger charge is 2.30. The summed E-state index contributed by atoms with van der Waals surface area (Å²) in [7, 11) is 1.43. The average molecular weight is 302 g/mol. The second-order valence-electron chi connectivity index (χ2n) is 4.71. The van der Waals surface area contributed by atoms with Crippen molar-refractivity contribution in [3.8, 4) is 0 Å². The first kappa shape index (κ1) is 14.6. The Hall–Kier alpha value is -0.770. The Kier molecular flexibility index (Phi) is 5.08. The number of carbonyl (C=O) groups excluding carboxylic acids is 1. The van der Waals surface area contributed by atoms with Crippen LogP contribution in [-0.4, -0.2) is 30.6 Å². The van der Waals surface area contributed by atoms with Crippen LogP contribution in [-0.2, 0) is 16.1 Å². The average Bonchev–Trinajstić information content (AvgIpc) is 2.42. The topological polar surface area (TPSA) is 29.5 Å². The van der Waals surface area contributed by atoms with E-state index in [2.05, 4.69) is 4.90 Å². The van der Waals surface area contributed by atoms with Gasteiger partial charge in [-0.3, -0.25) is 9.69 Å². The number of methoxy groups -OCH3 is 1. The molecule has 0 saturated carbocycles. The normalized spacial score (nSPS) is 20.3. The molecular formula is C14H17Cl2NO2. The lowest BCUT2D eigenvalue weighted by atomic mass is 10.0. The number of halogens is 2. The lowest BCUT2D eigenvalue weighted by Crippen LogP contribution is -2.44. The molecule has 0 radical (unpaired) electrons. The van der Waals surface area contributed by atoms with Gasteiger partial charge in [0.2, 0.25) is 0 Å². The molecule has 1 fully saturated rings. The molecule has 104 valence electrons. The molecule has 1 heterocycles. The van der Waals surface area contributed by atoms with Crippen molar-refractivity contribution < 1.29 is 9.53 Å². The monoisotopic (exact) mass is 301 g/mol. The summed E-state index contributed by atoms with van der Waals surface area (Å²) >= 11 is 12.4. The summed E-state index contributed by atoms with van der Waals surface area (Å²) in [6.45, 7) is 1.44. The van der Waals surface area contributed by atoms with E-state index in [-0.39, 0.29) is 12.0 Å². The summed E-state index contributed by atoms with van der Waals surface area (Å²) in [5.74, 6) is -0.178. The number of nitrogens with zero attached hydrogens (tertiary/aromatic N) is 1. The molecule has 1 aromatic carbocycles. The van der Waals surface area contributed by atoms with E-state index in [1.54, 1.807) is 0 Å². The fourth-order valence-electron chi connectivity index (χ4n) is 2.47. The van der Waals surface area contributed by atoms with E-state index in [1.807, 2.05) is 18.2 Å². The quantitative estimate of drug-likeness (QED) is 0.800. The Bertz CT molecular complexity index is 445. The number of ether oxygens (including phenoxy) is 1. The maximum absolute atomic E-state index is 11.8. The van der Waals surface area contributed by atoms with Gasteiger partial charge in [0.15, 0.2) is 0 Å². The maximum Gasteiger partial charge on any atom is 0.323 e. The van der Waals surface area contributed by atoms with E-state index in [4.69, 9.17) is 27.9 Å². The van der Waals surface area contributed by atoms with Gasteiger partial charge in [-0.05, 0) is 31.5 Å². The number of likely N-dealkylation sites (tertiary alicyclic amines) is 1. The van der Waals surface area contributed by atoms with Crippen molar-refractivity contribution in [2.75, 3.05) is 13.7 Å². The van der Waals surface area contributed by atoms with Crippen LogP contribution in [0, 0.1) is 0 Å². The molecule has 0 amide bonds. The summed E-state index contributed by atoms with van der Waals surface area (Å²) < 4.78 is 4.87. The van der Waals surface area contributed by atoms with Gasteiger partial charge < -0.3 is 4.74 Å². The van der Waals surface area contributed by atoms with E-state index >= 15 is 0 Å². The maximum atomic E-state index is 11.8. The van der Waals surface area contributed by atoms with Crippen LogP contribution in [0.25, 0.3) is 0 Å². The number of hydrogen-bond donors (Lipinski definition) is 0. The van der Waals surface area contributed by atoms with Gasteiger partial charge in [-0.15, -0.1) is 0 Å². The summed E-state index contributed by atoms with van der Waals surface area (Å²) in [5.41, 5.74) is 0.877. The second kappa shape index (κ2) is 6.60. The van der Waals surface area contributed by atoms with Gasteiger partial charge in [-0.25, -0.2) is 0 Å². The number of hydrogen-bond acceptors (Lipinski definition) is 3. The third-order valence-corrected chi connectivity index (χ3v) is 4.22. The van der Waals surface area contributed by atoms with Crippen molar-refractivity contribution in [1.82, 2.24) is 4.90 Å². The van der Waals surface area contributed by atoms with Crippen molar-refractivity contribution in [2.24, 2.45) is 0 Å². The summed E-state index contributed by atoms with van der Waals surface area (Å²) in [6.07, 6.45) is 2.96. The predicted octanol–water partition coefficient (Wildman–Crippen LogP) is 3.52. The van der Waals surface area contributed by atoms with E-state index < -0.39 is 0 Å². The highest BCUT2D eigenvalue weighted by Crippen LogP contribution is 2.28. The van der Waals surface area contributed by atoms with Crippen LogP contribution in [0.15, 0.2) is 18.2 Å². The Morgan fingerprint density at radius 1 is 1.37 bits per heavy atom. The smallest absolute Gasteiger partial charge is 0.323 e. The highest BCUT2D eigenvalue weighted by molar-refractivity contribution is 6.35. The Morgan fingerprint density at radius 2 is 2.05 bits per heavy atom. The van der Waals surface area contributed by atoms with Crippen LogP contribution >= 0.6 is 23.2 Å². The van der Waals surface area contributed by atoms with E-state index in [0.717, 1.165) is 31.4 Å². The Balaban J connectivity index is 2.18. The molecule has 0 aliphatic carbocycles. The van der Waals surface area contributed by atoms with Crippen molar-refractivity contribution >= 4 is 29.2 Å². The van der Waals surface area contributed by atoms with Crippen LogP contribution < -0.4 is 0 Å². The zero-order valence-corrected chi connectivity index (χ0v) is 12.4. The molecule has 5 heteroatoms. The standard InChI is InChI=1S/C14H17Cl2NO2/c1-19-14(18)13-7-2-3-8-17(13)9-10-11(15)5-4-6-12(10)16/h4-6,13H,2-3,7-9H2,1H3. The third kappa shape index (κ3) is 3.41. The SMILES string of the molecule is COC(=O)C1CCCCN1Cc1c(Cl)cccc1Cl. The fraction of sp³-hybridized carbons (Fsp3) is 0.500. The van der Waals surface area contributed by atoms with Crippen LogP contribution in [0.3, 0.4) is 0 Å². The summed E-state index contributed by atoms with van der Waals surface area (Å²) in [4.78, 5) is 13.9.